The monoisotopic (exact) mass is 389 g/mol. The zero-order valence-electron chi connectivity index (χ0n) is 15.8. The van der Waals surface area contributed by atoms with Crippen LogP contribution in [0.2, 0.25) is 0 Å². The number of halogens is 1. The highest BCUT2D eigenvalue weighted by molar-refractivity contribution is 5.90. The van der Waals surface area contributed by atoms with Crippen LogP contribution in [0, 0.1) is 5.92 Å². The van der Waals surface area contributed by atoms with Crippen molar-refractivity contribution in [3.8, 4) is 0 Å². The highest BCUT2D eigenvalue weighted by Gasteiger charge is 2.13. The fourth-order valence-electron chi connectivity index (χ4n) is 2.62. The number of carbonyl (C=O) groups excluding carboxylic acids is 2. The summed E-state index contributed by atoms with van der Waals surface area (Å²) in [7, 11) is 0. The van der Waals surface area contributed by atoms with Gasteiger partial charge in [-0.1, -0.05) is 56.3 Å². The summed E-state index contributed by atoms with van der Waals surface area (Å²) in [5, 5.41) is 5.74. The first-order chi connectivity index (χ1) is 12.4. The average molecular weight is 390 g/mol. The fraction of sp³-hybridized carbons (Fsp3) is 0.333. The van der Waals surface area contributed by atoms with Crippen molar-refractivity contribution in [2.24, 2.45) is 11.7 Å². The standard InChI is InChI=1S/C21H27N3O2.ClH/c1-15(2)11-20(25)24-18-10-6-9-17(12-18)14-23-21(26)19(22)13-16-7-4-3-5-8-16;/h3-10,12,15,19H,11,13-14,22H2,1-2H3,(H,23,26)(H,24,25);1H/t19-;/m0./s1. The lowest BCUT2D eigenvalue weighted by Crippen LogP contribution is -2.41. The van der Waals surface area contributed by atoms with Crippen LogP contribution in [0.3, 0.4) is 0 Å². The summed E-state index contributed by atoms with van der Waals surface area (Å²) in [4.78, 5) is 24.1. The number of hydrogen-bond acceptors (Lipinski definition) is 3. The van der Waals surface area contributed by atoms with Crippen LogP contribution in [0.25, 0.3) is 0 Å². The van der Waals surface area contributed by atoms with E-state index in [0.717, 1.165) is 16.8 Å². The SMILES string of the molecule is CC(C)CC(=O)Nc1cccc(CNC(=O)[C@@H](N)Cc2ccccc2)c1.Cl. The zero-order valence-corrected chi connectivity index (χ0v) is 16.6. The van der Waals surface area contributed by atoms with Gasteiger partial charge >= 0.3 is 0 Å². The average Bonchev–Trinajstić information content (AvgIpc) is 2.60. The molecule has 2 aromatic rings. The maximum absolute atomic E-state index is 12.2. The molecule has 0 radical (unpaired) electrons. The Kier molecular flexibility index (Phi) is 9.54. The number of nitrogens with two attached hydrogens (primary N) is 1. The Morgan fingerprint density at radius 2 is 1.67 bits per heavy atom. The van der Waals surface area contributed by atoms with Gasteiger partial charge < -0.3 is 16.4 Å². The molecule has 6 heteroatoms. The van der Waals surface area contributed by atoms with Crippen LogP contribution in [-0.2, 0) is 22.6 Å². The molecule has 2 rings (SSSR count). The van der Waals surface area contributed by atoms with Crippen molar-refractivity contribution < 1.29 is 9.59 Å². The third-order valence-corrected chi connectivity index (χ3v) is 3.91. The maximum Gasteiger partial charge on any atom is 0.237 e. The number of hydrogen-bond donors (Lipinski definition) is 3. The van der Waals surface area contributed by atoms with E-state index in [1.807, 2.05) is 68.4 Å². The normalized spacial score (nSPS) is 11.4. The van der Waals surface area contributed by atoms with Gasteiger partial charge in [0.2, 0.25) is 11.8 Å². The molecule has 146 valence electrons. The first kappa shape index (κ1) is 22.7. The van der Waals surface area contributed by atoms with Crippen molar-refractivity contribution in [1.29, 1.82) is 0 Å². The Hall–Kier alpha value is -2.37. The summed E-state index contributed by atoms with van der Waals surface area (Å²) in [6.07, 6.45) is 0.979. The Bertz CT molecular complexity index is 735. The third-order valence-electron chi connectivity index (χ3n) is 3.91. The molecular formula is C21H28ClN3O2. The number of nitrogens with one attached hydrogen (secondary N) is 2. The minimum absolute atomic E-state index is 0. The minimum Gasteiger partial charge on any atom is -0.351 e. The van der Waals surface area contributed by atoms with Crippen LogP contribution in [0.5, 0.6) is 0 Å². The topological polar surface area (TPSA) is 84.2 Å². The molecule has 0 saturated heterocycles. The molecule has 0 aliphatic carbocycles. The van der Waals surface area contributed by atoms with Crippen molar-refractivity contribution in [3.05, 3.63) is 65.7 Å². The summed E-state index contributed by atoms with van der Waals surface area (Å²) >= 11 is 0. The van der Waals surface area contributed by atoms with Gasteiger partial charge in [0.25, 0.3) is 0 Å². The molecule has 0 fully saturated rings. The lowest BCUT2D eigenvalue weighted by molar-refractivity contribution is -0.122. The first-order valence-electron chi connectivity index (χ1n) is 8.90. The van der Waals surface area contributed by atoms with E-state index in [-0.39, 0.29) is 24.2 Å². The van der Waals surface area contributed by atoms with Gasteiger partial charge in [-0.3, -0.25) is 9.59 Å². The van der Waals surface area contributed by atoms with Gasteiger partial charge in [0, 0.05) is 18.7 Å². The first-order valence-corrected chi connectivity index (χ1v) is 8.90. The Morgan fingerprint density at radius 1 is 1.00 bits per heavy atom. The Balaban J connectivity index is 0.00000364. The van der Waals surface area contributed by atoms with Gasteiger partial charge in [-0.05, 0) is 35.6 Å². The second-order valence-electron chi connectivity index (χ2n) is 6.86. The molecule has 0 bridgehead atoms. The van der Waals surface area contributed by atoms with Gasteiger partial charge in [0.1, 0.15) is 0 Å². The van der Waals surface area contributed by atoms with Crippen LogP contribution in [0.4, 0.5) is 5.69 Å². The van der Waals surface area contributed by atoms with Gasteiger partial charge in [-0.15, -0.1) is 12.4 Å². The van der Waals surface area contributed by atoms with Gasteiger partial charge in [0.15, 0.2) is 0 Å². The number of anilines is 1. The Labute approximate surface area is 167 Å². The molecule has 0 heterocycles. The largest absolute Gasteiger partial charge is 0.351 e. The van der Waals surface area contributed by atoms with E-state index < -0.39 is 6.04 Å². The molecule has 0 saturated carbocycles. The molecule has 0 spiro atoms. The summed E-state index contributed by atoms with van der Waals surface area (Å²) in [6, 6.07) is 16.6. The molecule has 4 N–H and O–H groups in total. The Morgan fingerprint density at radius 3 is 2.33 bits per heavy atom. The van der Waals surface area contributed by atoms with E-state index in [0.29, 0.717) is 25.3 Å². The van der Waals surface area contributed by atoms with Crippen molar-refractivity contribution >= 4 is 29.9 Å². The molecule has 1 atom stereocenters. The lowest BCUT2D eigenvalue weighted by atomic mass is 10.1. The zero-order chi connectivity index (χ0) is 18.9. The van der Waals surface area contributed by atoms with E-state index in [4.69, 9.17) is 5.73 Å². The van der Waals surface area contributed by atoms with E-state index in [9.17, 15) is 9.59 Å². The minimum atomic E-state index is -0.591. The molecule has 2 amide bonds. The molecule has 2 aromatic carbocycles. The second-order valence-corrected chi connectivity index (χ2v) is 6.86. The molecule has 0 unspecified atom stereocenters. The molecular weight excluding hydrogens is 362 g/mol. The summed E-state index contributed by atoms with van der Waals surface area (Å²) in [5.74, 6) is 0.109. The van der Waals surface area contributed by atoms with Gasteiger partial charge in [0.05, 0.1) is 6.04 Å². The molecule has 5 nitrogen and oxygen atoms in total. The molecule has 0 aromatic heterocycles. The number of benzene rings is 2. The van der Waals surface area contributed by atoms with E-state index in [1.165, 1.54) is 0 Å². The van der Waals surface area contributed by atoms with Crippen molar-refractivity contribution in [2.75, 3.05) is 5.32 Å². The van der Waals surface area contributed by atoms with Crippen molar-refractivity contribution in [2.45, 2.75) is 39.3 Å². The number of rotatable bonds is 8. The van der Waals surface area contributed by atoms with Crippen molar-refractivity contribution in [1.82, 2.24) is 5.32 Å². The second kappa shape index (κ2) is 11.4. The highest BCUT2D eigenvalue weighted by atomic mass is 35.5. The number of carbonyl (C=O) groups is 2. The molecule has 0 aliphatic heterocycles. The van der Waals surface area contributed by atoms with Crippen LogP contribution in [0.15, 0.2) is 54.6 Å². The third kappa shape index (κ3) is 8.24. The predicted octanol–water partition coefficient (Wildman–Crippen LogP) is 3.28. The fourth-order valence-corrected chi connectivity index (χ4v) is 2.62. The quantitative estimate of drug-likeness (QED) is 0.647. The van der Waals surface area contributed by atoms with Crippen molar-refractivity contribution in [3.63, 3.8) is 0 Å². The van der Waals surface area contributed by atoms with Crippen LogP contribution < -0.4 is 16.4 Å². The summed E-state index contributed by atoms with van der Waals surface area (Å²) in [6.45, 7) is 4.38. The summed E-state index contributed by atoms with van der Waals surface area (Å²) in [5.41, 5.74) is 8.66. The summed E-state index contributed by atoms with van der Waals surface area (Å²) < 4.78 is 0. The highest BCUT2D eigenvalue weighted by Crippen LogP contribution is 2.12. The maximum atomic E-state index is 12.2. The predicted molar refractivity (Wildman–Crippen MR) is 112 cm³/mol. The van der Waals surface area contributed by atoms with Crippen LogP contribution in [-0.4, -0.2) is 17.9 Å². The molecule has 0 aliphatic rings. The smallest absolute Gasteiger partial charge is 0.237 e. The van der Waals surface area contributed by atoms with Crippen LogP contribution >= 0.6 is 12.4 Å². The van der Waals surface area contributed by atoms with Gasteiger partial charge in [-0.25, -0.2) is 0 Å². The lowest BCUT2D eigenvalue weighted by Gasteiger charge is -2.13. The van der Waals surface area contributed by atoms with Crippen LogP contribution in [0.1, 0.15) is 31.4 Å². The van der Waals surface area contributed by atoms with E-state index in [1.54, 1.807) is 0 Å². The van der Waals surface area contributed by atoms with E-state index in [2.05, 4.69) is 10.6 Å². The molecule has 27 heavy (non-hydrogen) atoms. The van der Waals surface area contributed by atoms with E-state index >= 15 is 0 Å². The van der Waals surface area contributed by atoms with Gasteiger partial charge in [-0.2, -0.15) is 0 Å². The number of amides is 2.